The van der Waals surface area contributed by atoms with Crippen LogP contribution in [0.15, 0.2) is 0 Å². The Morgan fingerprint density at radius 1 is 1.39 bits per heavy atom. The Labute approximate surface area is 108 Å². The zero-order valence-corrected chi connectivity index (χ0v) is 11.5. The molecule has 5 heteroatoms. The molecule has 0 aliphatic carbocycles. The van der Waals surface area contributed by atoms with Crippen molar-refractivity contribution in [2.45, 2.75) is 45.2 Å². The van der Waals surface area contributed by atoms with E-state index >= 15 is 0 Å². The summed E-state index contributed by atoms with van der Waals surface area (Å²) in [6, 6.07) is 0.384. The lowest BCUT2D eigenvalue weighted by molar-refractivity contribution is -0.152. The third kappa shape index (κ3) is 2.36. The third-order valence-corrected chi connectivity index (χ3v) is 4.09. The number of hydrogen-bond donors (Lipinski definition) is 2. The first-order valence-corrected chi connectivity index (χ1v) is 6.76. The van der Waals surface area contributed by atoms with Crippen molar-refractivity contribution < 1.29 is 9.59 Å². The fourth-order valence-corrected chi connectivity index (χ4v) is 2.86. The number of rotatable bonds is 1. The summed E-state index contributed by atoms with van der Waals surface area (Å²) in [6.07, 6.45) is 1.74. The van der Waals surface area contributed by atoms with E-state index < -0.39 is 5.54 Å². The molecule has 2 aliphatic rings. The molecule has 18 heavy (non-hydrogen) atoms. The SMILES string of the molecule is C[C@H]1C[C@@H](C(=O)N2CCNC(=O)C2(C)C)CCN1. The van der Waals surface area contributed by atoms with E-state index in [1.165, 1.54) is 0 Å². The van der Waals surface area contributed by atoms with Crippen LogP contribution in [0.4, 0.5) is 0 Å². The highest BCUT2D eigenvalue weighted by Crippen LogP contribution is 2.25. The Morgan fingerprint density at radius 3 is 2.78 bits per heavy atom. The molecule has 0 bridgehead atoms. The van der Waals surface area contributed by atoms with Crippen LogP contribution in [0.3, 0.4) is 0 Å². The second kappa shape index (κ2) is 4.88. The normalized spacial score (nSPS) is 31.9. The number of amides is 2. The van der Waals surface area contributed by atoms with Crippen LogP contribution >= 0.6 is 0 Å². The highest BCUT2D eigenvalue weighted by Gasteiger charge is 2.42. The largest absolute Gasteiger partial charge is 0.352 e. The monoisotopic (exact) mass is 253 g/mol. The lowest BCUT2D eigenvalue weighted by Gasteiger charge is -2.43. The number of carbonyl (C=O) groups excluding carboxylic acids is 2. The molecule has 5 nitrogen and oxygen atoms in total. The van der Waals surface area contributed by atoms with E-state index in [-0.39, 0.29) is 17.7 Å². The van der Waals surface area contributed by atoms with E-state index in [0.29, 0.717) is 19.1 Å². The van der Waals surface area contributed by atoms with Gasteiger partial charge in [-0.05, 0) is 40.2 Å². The number of carbonyl (C=O) groups is 2. The first kappa shape index (κ1) is 13.3. The Bertz CT molecular complexity index is 354. The molecule has 2 fully saturated rings. The van der Waals surface area contributed by atoms with Gasteiger partial charge in [-0.25, -0.2) is 0 Å². The Morgan fingerprint density at radius 2 is 2.11 bits per heavy atom. The number of piperidine rings is 1. The Hall–Kier alpha value is -1.10. The number of piperazine rings is 1. The molecule has 0 saturated carbocycles. The minimum atomic E-state index is -0.719. The van der Waals surface area contributed by atoms with Crippen LogP contribution in [0.1, 0.15) is 33.6 Å². The van der Waals surface area contributed by atoms with Gasteiger partial charge in [0.2, 0.25) is 11.8 Å². The molecule has 2 heterocycles. The maximum absolute atomic E-state index is 12.6. The average molecular weight is 253 g/mol. The quantitative estimate of drug-likeness (QED) is 0.697. The zero-order chi connectivity index (χ0) is 13.3. The summed E-state index contributed by atoms with van der Waals surface area (Å²) in [7, 11) is 0. The molecule has 0 aromatic rings. The molecule has 0 aromatic carbocycles. The van der Waals surface area contributed by atoms with Crippen molar-refractivity contribution in [3.8, 4) is 0 Å². The molecular formula is C13H23N3O2. The van der Waals surface area contributed by atoms with Crippen molar-refractivity contribution in [3.05, 3.63) is 0 Å². The van der Waals surface area contributed by atoms with Gasteiger partial charge in [-0.1, -0.05) is 0 Å². The molecular weight excluding hydrogens is 230 g/mol. The standard InChI is InChI=1S/C13H23N3O2/c1-9-8-10(4-5-14-9)11(17)16-7-6-15-12(18)13(16,2)3/h9-10,14H,4-8H2,1-3H3,(H,15,18)/t9-,10-/m0/s1. The van der Waals surface area contributed by atoms with Crippen molar-refractivity contribution in [1.29, 1.82) is 0 Å². The van der Waals surface area contributed by atoms with Gasteiger partial charge in [0, 0.05) is 25.0 Å². The van der Waals surface area contributed by atoms with Gasteiger partial charge in [-0.15, -0.1) is 0 Å². The topological polar surface area (TPSA) is 61.4 Å². The lowest BCUT2D eigenvalue weighted by atomic mass is 9.89. The van der Waals surface area contributed by atoms with Crippen LogP contribution in [0.5, 0.6) is 0 Å². The van der Waals surface area contributed by atoms with Gasteiger partial charge in [0.05, 0.1) is 0 Å². The number of nitrogens with zero attached hydrogens (tertiary/aromatic N) is 1. The summed E-state index contributed by atoms with van der Waals surface area (Å²) in [5.41, 5.74) is -0.719. The Balaban J connectivity index is 2.10. The van der Waals surface area contributed by atoms with Crippen LogP contribution in [0.25, 0.3) is 0 Å². The third-order valence-electron chi connectivity index (χ3n) is 4.09. The number of nitrogens with one attached hydrogen (secondary N) is 2. The van der Waals surface area contributed by atoms with E-state index in [2.05, 4.69) is 17.6 Å². The summed E-state index contributed by atoms with van der Waals surface area (Å²) < 4.78 is 0. The predicted molar refractivity (Wildman–Crippen MR) is 69.0 cm³/mol. The minimum absolute atomic E-state index is 0.0518. The van der Waals surface area contributed by atoms with Crippen molar-refractivity contribution in [3.63, 3.8) is 0 Å². The van der Waals surface area contributed by atoms with Gasteiger partial charge >= 0.3 is 0 Å². The molecule has 0 radical (unpaired) electrons. The van der Waals surface area contributed by atoms with Gasteiger partial charge in [-0.2, -0.15) is 0 Å². The van der Waals surface area contributed by atoms with Crippen LogP contribution in [-0.2, 0) is 9.59 Å². The van der Waals surface area contributed by atoms with Crippen molar-refractivity contribution in [1.82, 2.24) is 15.5 Å². The summed E-state index contributed by atoms with van der Waals surface area (Å²) >= 11 is 0. The van der Waals surface area contributed by atoms with E-state index in [9.17, 15) is 9.59 Å². The molecule has 2 aliphatic heterocycles. The van der Waals surface area contributed by atoms with Crippen molar-refractivity contribution >= 4 is 11.8 Å². The maximum atomic E-state index is 12.6. The summed E-state index contributed by atoms with van der Waals surface area (Å²) in [6.45, 7) is 7.82. The lowest BCUT2D eigenvalue weighted by Crippen LogP contribution is -2.64. The highest BCUT2D eigenvalue weighted by molar-refractivity contribution is 5.92. The summed E-state index contributed by atoms with van der Waals surface area (Å²) in [5.74, 6) is 0.152. The fraction of sp³-hybridized carbons (Fsp3) is 0.846. The first-order chi connectivity index (χ1) is 8.43. The molecule has 0 unspecified atom stereocenters. The van der Waals surface area contributed by atoms with E-state index in [4.69, 9.17) is 0 Å². The summed E-state index contributed by atoms with van der Waals surface area (Å²) in [4.78, 5) is 26.2. The molecule has 2 rings (SSSR count). The zero-order valence-electron chi connectivity index (χ0n) is 11.5. The molecule has 2 atom stereocenters. The van der Waals surface area contributed by atoms with E-state index in [0.717, 1.165) is 19.4 Å². The van der Waals surface area contributed by atoms with Gasteiger partial charge in [0.1, 0.15) is 5.54 Å². The van der Waals surface area contributed by atoms with Crippen LogP contribution in [0, 0.1) is 5.92 Å². The minimum Gasteiger partial charge on any atom is -0.352 e. The van der Waals surface area contributed by atoms with Gasteiger partial charge < -0.3 is 15.5 Å². The summed E-state index contributed by atoms with van der Waals surface area (Å²) in [5, 5.41) is 6.17. The fourth-order valence-electron chi connectivity index (χ4n) is 2.86. The molecule has 2 saturated heterocycles. The van der Waals surface area contributed by atoms with Crippen molar-refractivity contribution in [2.24, 2.45) is 5.92 Å². The van der Waals surface area contributed by atoms with Gasteiger partial charge in [0.25, 0.3) is 0 Å². The van der Waals surface area contributed by atoms with E-state index in [1.807, 2.05) is 13.8 Å². The maximum Gasteiger partial charge on any atom is 0.245 e. The van der Waals surface area contributed by atoms with Crippen LogP contribution < -0.4 is 10.6 Å². The predicted octanol–water partition coefficient (Wildman–Crippen LogP) is 0.112. The van der Waals surface area contributed by atoms with Crippen molar-refractivity contribution in [2.75, 3.05) is 19.6 Å². The number of hydrogen-bond acceptors (Lipinski definition) is 3. The van der Waals surface area contributed by atoms with Gasteiger partial charge in [-0.3, -0.25) is 9.59 Å². The Kier molecular flexibility index (Phi) is 3.61. The van der Waals surface area contributed by atoms with Gasteiger partial charge in [0.15, 0.2) is 0 Å². The molecule has 102 valence electrons. The second-order valence-corrected chi connectivity index (χ2v) is 5.88. The van der Waals surface area contributed by atoms with Crippen LogP contribution in [-0.4, -0.2) is 47.9 Å². The molecule has 0 aromatic heterocycles. The first-order valence-electron chi connectivity index (χ1n) is 6.76. The second-order valence-electron chi connectivity index (χ2n) is 5.88. The molecule has 2 N–H and O–H groups in total. The molecule has 0 spiro atoms. The van der Waals surface area contributed by atoms with Crippen LogP contribution in [0.2, 0.25) is 0 Å². The highest BCUT2D eigenvalue weighted by atomic mass is 16.2. The average Bonchev–Trinajstić information content (AvgIpc) is 2.32. The molecule has 2 amide bonds. The smallest absolute Gasteiger partial charge is 0.245 e. The van der Waals surface area contributed by atoms with E-state index in [1.54, 1.807) is 4.90 Å².